The van der Waals surface area contributed by atoms with Crippen molar-refractivity contribution in [3.63, 3.8) is 0 Å². The minimum Gasteiger partial charge on any atom is -0.493 e. The molecule has 0 aliphatic rings. The first-order chi connectivity index (χ1) is 10.5. The number of hydrogen-bond acceptors (Lipinski definition) is 7. The first-order valence-corrected chi connectivity index (χ1v) is 6.46. The van der Waals surface area contributed by atoms with E-state index < -0.39 is 16.7 Å². The van der Waals surface area contributed by atoms with Gasteiger partial charge in [-0.15, -0.1) is 0 Å². The second kappa shape index (κ2) is 8.03. The molecule has 0 unspecified atom stereocenters. The number of amides is 1. The van der Waals surface area contributed by atoms with Crippen molar-refractivity contribution in [1.82, 2.24) is 4.90 Å². The van der Waals surface area contributed by atoms with Crippen LogP contribution in [0.5, 0.6) is 17.2 Å². The van der Waals surface area contributed by atoms with Crippen LogP contribution in [0.4, 0.5) is 10.5 Å². The molecule has 0 fully saturated rings. The van der Waals surface area contributed by atoms with Crippen molar-refractivity contribution in [1.29, 1.82) is 0 Å². The maximum absolute atomic E-state index is 12.0. The molecular formula is C13H18N2O7. The van der Waals surface area contributed by atoms with Gasteiger partial charge in [-0.2, -0.15) is 0 Å². The van der Waals surface area contributed by atoms with E-state index in [4.69, 9.17) is 19.3 Å². The summed E-state index contributed by atoms with van der Waals surface area (Å²) < 4.78 is 15.1. The zero-order valence-electron chi connectivity index (χ0n) is 12.6. The number of aliphatic hydroxyl groups is 1. The highest BCUT2D eigenvalue weighted by molar-refractivity contribution is 5.73. The van der Waals surface area contributed by atoms with Crippen LogP contribution in [0, 0.1) is 10.1 Å². The molecule has 0 spiro atoms. The number of nitro groups is 1. The van der Waals surface area contributed by atoms with Crippen molar-refractivity contribution in [2.75, 3.05) is 33.9 Å². The quantitative estimate of drug-likeness (QED) is 0.598. The number of aliphatic hydroxyl groups excluding tert-OH is 1. The van der Waals surface area contributed by atoms with Crippen molar-refractivity contribution in [2.45, 2.75) is 6.92 Å². The third kappa shape index (κ3) is 3.98. The summed E-state index contributed by atoms with van der Waals surface area (Å²) in [7, 11) is 2.70. The minimum absolute atomic E-state index is 0.0659. The predicted octanol–water partition coefficient (Wildman–Crippen LogP) is 1.42. The molecule has 0 saturated carbocycles. The first kappa shape index (κ1) is 17.5. The number of nitro benzene ring substituents is 1. The van der Waals surface area contributed by atoms with Gasteiger partial charge in [0.15, 0.2) is 11.5 Å². The average molecular weight is 314 g/mol. The molecule has 1 aromatic rings. The Kier molecular flexibility index (Phi) is 6.39. The van der Waals surface area contributed by atoms with Gasteiger partial charge in [0.25, 0.3) is 0 Å². The fourth-order valence-electron chi connectivity index (χ4n) is 1.73. The maximum atomic E-state index is 12.0. The van der Waals surface area contributed by atoms with E-state index in [1.807, 2.05) is 0 Å². The number of hydrogen-bond donors (Lipinski definition) is 1. The van der Waals surface area contributed by atoms with Gasteiger partial charge < -0.3 is 24.2 Å². The summed E-state index contributed by atoms with van der Waals surface area (Å²) in [6.45, 7) is 1.81. The lowest BCUT2D eigenvalue weighted by Crippen LogP contribution is -2.35. The lowest BCUT2D eigenvalue weighted by Gasteiger charge is -2.19. The Morgan fingerprint density at radius 3 is 2.32 bits per heavy atom. The molecule has 0 heterocycles. The molecule has 1 aromatic carbocycles. The Hall–Kier alpha value is -2.55. The molecule has 1 N–H and O–H groups in total. The third-order valence-corrected chi connectivity index (χ3v) is 2.87. The Morgan fingerprint density at radius 2 is 1.86 bits per heavy atom. The van der Waals surface area contributed by atoms with Crippen LogP contribution in [0.15, 0.2) is 12.1 Å². The molecule has 22 heavy (non-hydrogen) atoms. The highest BCUT2D eigenvalue weighted by atomic mass is 16.6. The molecule has 0 aromatic heterocycles. The van der Waals surface area contributed by atoms with Crippen LogP contribution in [0.2, 0.25) is 0 Å². The SMILES string of the molecule is CCN(CCO)C(=O)Oc1cc(OC)c(OC)cc1[N+](=O)[O-]. The van der Waals surface area contributed by atoms with E-state index in [0.29, 0.717) is 6.54 Å². The number of benzene rings is 1. The second-order valence-electron chi connectivity index (χ2n) is 4.10. The Bertz CT molecular complexity index is 547. The van der Waals surface area contributed by atoms with Gasteiger partial charge >= 0.3 is 11.8 Å². The van der Waals surface area contributed by atoms with Gasteiger partial charge in [-0.1, -0.05) is 0 Å². The van der Waals surface area contributed by atoms with Crippen LogP contribution in [0.25, 0.3) is 0 Å². The zero-order valence-corrected chi connectivity index (χ0v) is 12.6. The summed E-state index contributed by atoms with van der Waals surface area (Å²) in [5.41, 5.74) is -0.425. The number of carbonyl (C=O) groups excluding carboxylic acids is 1. The molecular weight excluding hydrogens is 296 g/mol. The van der Waals surface area contributed by atoms with Crippen LogP contribution in [0.1, 0.15) is 6.92 Å². The molecule has 0 aliphatic heterocycles. The molecule has 0 atom stereocenters. The van der Waals surface area contributed by atoms with Crippen molar-refractivity contribution in [2.24, 2.45) is 0 Å². The monoisotopic (exact) mass is 314 g/mol. The van der Waals surface area contributed by atoms with Crippen LogP contribution in [0.3, 0.4) is 0 Å². The topological polar surface area (TPSA) is 111 Å². The number of rotatable bonds is 7. The fourth-order valence-corrected chi connectivity index (χ4v) is 1.73. The normalized spacial score (nSPS) is 10.0. The number of carbonyl (C=O) groups is 1. The van der Waals surface area contributed by atoms with Gasteiger partial charge in [0.1, 0.15) is 0 Å². The number of nitrogens with zero attached hydrogens (tertiary/aromatic N) is 2. The van der Waals surface area contributed by atoms with Gasteiger partial charge in [0.2, 0.25) is 5.75 Å². The molecule has 9 heteroatoms. The Morgan fingerprint density at radius 1 is 1.27 bits per heavy atom. The molecule has 9 nitrogen and oxygen atoms in total. The van der Waals surface area contributed by atoms with E-state index in [9.17, 15) is 14.9 Å². The van der Waals surface area contributed by atoms with Gasteiger partial charge in [-0.25, -0.2) is 4.79 Å². The Balaban J connectivity index is 3.16. The van der Waals surface area contributed by atoms with E-state index >= 15 is 0 Å². The van der Waals surface area contributed by atoms with E-state index in [0.717, 1.165) is 6.07 Å². The van der Waals surface area contributed by atoms with Crippen molar-refractivity contribution in [3.05, 3.63) is 22.2 Å². The third-order valence-electron chi connectivity index (χ3n) is 2.87. The van der Waals surface area contributed by atoms with E-state index in [1.54, 1.807) is 6.92 Å². The van der Waals surface area contributed by atoms with E-state index in [-0.39, 0.29) is 30.4 Å². The summed E-state index contributed by atoms with van der Waals surface area (Å²) in [6, 6.07) is 2.32. The predicted molar refractivity (Wildman–Crippen MR) is 76.6 cm³/mol. The Labute approximate surface area is 127 Å². The molecule has 0 radical (unpaired) electrons. The molecule has 1 amide bonds. The van der Waals surface area contributed by atoms with Gasteiger partial charge in [0.05, 0.1) is 31.8 Å². The highest BCUT2D eigenvalue weighted by Crippen LogP contribution is 2.39. The van der Waals surface area contributed by atoms with Crippen LogP contribution >= 0.6 is 0 Å². The van der Waals surface area contributed by atoms with Crippen LogP contribution in [-0.4, -0.2) is 54.9 Å². The highest BCUT2D eigenvalue weighted by Gasteiger charge is 2.24. The van der Waals surface area contributed by atoms with Crippen LogP contribution < -0.4 is 14.2 Å². The standard InChI is InChI=1S/C13H18N2O7/c1-4-14(5-6-16)13(17)22-10-8-12(21-3)11(20-2)7-9(10)15(18)19/h7-8,16H,4-6H2,1-3H3. The van der Waals surface area contributed by atoms with Gasteiger partial charge in [0, 0.05) is 19.2 Å². The summed E-state index contributed by atoms with van der Waals surface area (Å²) >= 11 is 0. The number of likely N-dealkylation sites (N-methyl/N-ethyl adjacent to an activating group) is 1. The van der Waals surface area contributed by atoms with Crippen molar-refractivity contribution < 1.29 is 29.0 Å². The summed E-state index contributed by atoms with van der Waals surface area (Å²) in [5.74, 6) is 0.0850. The zero-order chi connectivity index (χ0) is 16.7. The van der Waals surface area contributed by atoms with Gasteiger partial charge in [-0.05, 0) is 6.92 Å². The minimum atomic E-state index is -0.799. The second-order valence-corrected chi connectivity index (χ2v) is 4.10. The molecule has 122 valence electrons. The molecule has 0 aliphatic carbocycles. The number of ether oxygens (including phenoxy) is 3. The summed E-state index contributed by atoms with van der Waals surface area (Å²) in [5, 5.41) is 20.0. The maximum Gasteiger partial charge on any atom is 0.415 e. The largest absolute Gasteiger partial charge is 0.493 e. The summed E-state index contributed by atoms with van der Waals surface area (Å²) in [4.78, 5) is 23.6. The molecule has 0 bridgehead atoms. The number of methoxy groups -OCH3 is 2. The fraction of sp³-hybridized carbons (Fsp3) is 0.462. The smallest absolute Gasteiger partial charge is 0.415 e. The summed E-state index contributed by atoms with van der Waals surface area (Å²) in [6.07, 6.45) is -0.799. The van der Waals surface area contributed by atoms with E-state index in [2.05, 4.69) is 0 Å². The molecule has 1 rings (SSSR count). The average Bonchev–Trinajstić information content (AvgIpc) is 2.51. The first-order valence-electron chi connectivity index (χ1n) is 6.46. The van der Waals surface area contributed by atoms with Crippen molar-refractivity contribution in [3.8, 4) is 17.2 Å². The molecule has 0 saturated heterocycles. The van der Waals surface area contributed by atoms with Gasteiger partial charge in [-0.3, -0.25) is 10.1 Å². The van der Waals surface area contributed by atoms with Crippen molar-refractivity contribution >= 4 is 11.8 Å². The lowest BCUT2D eigenvalue weighted by atomic mass is 10.2. The lowest BCUT2D eigenvalue weighted by molar-refractivity contribution is -0.385. The van der Waals surface area contributed by atoms with E-state index in [1.165, 1.54) is 25.2 Å². The van der Waals surface area contributed by atoms with Crippen LogP contribution in [-0.2, 0) is 0 Å².